The van der Waals surface area contributed by atoms with E-state index in [1.807, 2.05) is 0 Å². The highest BCUT2D eigenvalue weighted by atomic mass is 16.6. The van der Waals surface area contributed by atoms with Crippen LogP contribution in [0.1, 0.15) is 33.6 Å². The average Bonchev–Trinajstić information content (AvgIpc) is 2.25. The molecule has 4 heteroatoms. The molecule has 0 aromatic rings. The summed E-state index contributed by atoms with van der Waals surface area (Å²) >= 11 is 0. The van der Waals surface area contributed by atoms with Crippen molar-refractivity contribution in [3.63, 3.8) is 0 Å². The fourth-order valence-corrected chi connectivity index (χ4v) is 1.14. The van der Waals surface area contributed by atoms with E-state index in [0.717, 1.165) is 26.1 Å². The highest BCUT2D eigenvalue weighted by molar-refractivity contribution is 4.57. The molecule has 0 radical (unpaired) electrons. The molecule has 0 saturated heterocycles. The average molecular weight is 234 g/mol. The molecule has 0 heterocycles. The van der Waals surface area contributed by atoms with Gasteiger partial charge in [-0.15, -0.1) is 0 Å². The number of rotatable bonds is 11. The van der Waals surface area contributed by atoms with Gasteiger partial charge in [0.15, 0.2) is 0 Å². The van der Waals surface area contributed by atoms with Crippen molar-refractivity contribution in [2.75, 3.05) is 33.0 Å². The van der Waals surface area contributed by atoms with Crippen LogP contribution in [0.15, 0.2) is 0 Å². The van der Waals surface area contributed by atoms with E-state index >= 15 is 0 Å². The molecule has 0 bridgehead atoms. The third kappa shape index (κ3) is 10.4. The first-order valence-electron chi connectivity index (χ1n) is 6.15. The maximum absolute atomic E-state index is 9.14. The van der Waals surface area contributed by atoms with Crippen LogP contribution in [-0.4, -0.2) is 50.3 Å². The molecule has 0 aromatic heterocycles. The topological polar surface area (TPSA) is 47.9 Å². The Hall–Kier alpha value is -0.160. The molecule has 0 aliphatic rings. The van der Waals surface area contributed by atoms with E-state index in [4.69, 9.17) is 19.3 Å². The van der Waals surface area contributed by atoms with Crippen molar-refractivity contribution in [3.8, 4) is 0 Å². The Balaban J connectivity index is 3.67. The van der Waals surface area contributed by atoms with Crippen molar-refractivity contribution >= 4 is 0 Å². The third-order valence-corrected chi connectivity index (χ3v) is 1.88. The van der Waals surface area contributed by atoms with Gasteiger partial charge < -0.3 is 19.3 Å². The first-order valence-corrected chi connectivity index (χ1v) is 6.15. The lowest BCUT2D eigenvalue weighted by Gasteiger charge is -2.19. The molecular formula is C12H26O4. The van der Waals surface area contributed by atoms with Crippen molar-refractivity contribution < 1.29 is 19.3 Å². The molecule has 1 N–H and O–H groups in total. The van der Waals surface area contributed by atoms with E-state index in [9.17, 15) is 0 Å². The Kier molecular flexibility index (Phi) is 11.2. The van der Waals surface area contributed by atoms with E-state index in [1.165, 1.54) is 0 Å². The second-order valence-electron chi connectivity index (χ2n) is 3.95. The maximum atomic E-state index is 9.14. The van der Waals surface area contributed by atoms with Crippen LogP contribution >= 0.6 is 0 Å². The summed E-state index contributed by atoms with van der Waals surface area (Å²) in [5, 5.41) is 9.14. The molecule has 1 unspecified atom stereocenters. The number of hydrogen-bond acceptors (Lipinski definition) is 4. The molecule has 1 atom stereocenters. The van der Waals surface area contributed by atoms with E-state index in [0.29, 0.717) is 19.8 Å². The minimum Gasteiger partial charge on any atom is -0.391 e. The van der Waals surface area contributed by atoms with Crippen LogP contribution in [0.2, 0.25) is 0 Å². The molecule has 0 aliphatic carbocycles. The third-order valence-electron chi connectivity index (χ3n) is 1.88. The maximum Gasteiger partial charge on any atom is 0.104 e. The predicted molar refractivity (Wildman–Crippen MR) is 63.6 cm³/mol. The van der Waals surface area contributed by atoms with Crippen molar-refractivity contribution in [1.29, 1.82) is 0 Å². The highest BCUT2D eigenvalue weighted by Crippen LogP contribution is 1.98. The van der Waals surface area contributed by atoms with Crippen LogP contribution < -0.4 is 0 Å². The van der Waals surface area contributed by atoms with Crippen molar-refractivity contribution in [2.24, 2.45) is 0 Å². The smallest absolute Gasteiger partial charge is 0.104 e. The van der Waals surface area contributed by atoms with Crippen LogP contribution in [0.25, 0.3) is 0 Å². The highest BCUT2D eigenvalue weighted by Gasteiger charge is 2.10. The molecule has 0 fully saturated rings. The van der Waals surface area contributed by atoms with E-state index in [2.05, 4.69) is 13.8 Å². The van der Waals surface area contributed by atoms with E-state index in [1.54, 1.807) is 6.92 Å². The normalized spacial score (nSPS) is 13.3. The Labute approximate surface area is 98.9 Å². The van der Waals surface area contributed by atoms with Gasteiger partial charge in [-0.3, -0.25) is 0 Å². The van der Waals surface area contributed by atoms with Crippen molar-refractivity contribution in [2.45, 2.75) is 45.8 Å². The first kappa shape index (κ1) is 15.8. The summed E-state index contributed by atoms with van der Waals surface area (Å²) in [7, 11) is 0. The van der Waals surface area contributed by atoms with Crippen LogP contribution in [0, 0.1) is 0 Å². The standard InChI is InChI=1S/C12H26O4/c1-4-6-14-9-12(10-15-7-5-2)16-8-11(3)13/h11-13H,4-10H2,1-3H3. The molecule has 0 aliphatic heterocycles. The zero-order valence-corrected chi connectivity index (χ0v) is 10.8. The van der Waals surface area contributed by atoms with Crippen molar-refractivity contribution in [1.82, 2.24) is 0 Å². The van der Waals surface area contributed by atoms with Gasteiger partial charge in [0.1, 0.15) is 6.10 Å². The van der Waals surface area contributed by atoms with Crippen LogP contribution in [0.5, 0.6) is 0 Å². The zero-order chi connectivity index (χ0) is 12.2. The van der Waals surface area contributed by atoms with Crippen molar-refractivity contribution in [3.05, 3.63) is 0 Å². The Morgan fingerprint density at radius 1 is 0.938 bits per heavy atom. The van der Waals surface area contributed by atoms with Gasteiger partial charge >= 0.3 is 0 Å². The van der Waals surface area contributed by atoms with Gasteiger partial charge in [-0.2, -0.15) is 0 Å². The quantitative estimate of drug-likeness (QED) is 0.552. The summed E-state index contributed by atoms with van der Waals surface area (Å²) in [4.78, 5) is 0. The summed E-state index contributed by atoms with van der Waals surface area (Å²) in [5.41, 5.74) is 0. The van der Waals surface area contributed by atoms with Crippen LogP contribution in [0.3, 0.4) is 0 Å². The first-order chi connectivity index (χ1) is 7.70. The molecule has 0 saturated carbocycles. The number of aliphatic hydroxyl groups is 1. The summed E-state index contributed by atoms with van der Waals surface area (Å²) in [6, 6.07) is 0. The van der Waals surface area contributed by atoms with E-state index in [-0.39, 0.29) is 6.10 Å². The summed E-state index contributed by atoms with van der Waals surface area (Å²) in [6.07, 6.45) is 1.48. The molecule has 0 amide bonds. The van der Waals surface area contributed by atoms with Gasteiger partial charge in [0, 0.05) is 13.2 Å². The van der Waals surface area contributed by atoms with E-state index < -0.39 is 6.10 Å². The minimum atomic E-state index is -0.445. The number of hydrogen-bond donors (Lipinski definition) is 1. The van der Waals surface area contributed by atoms with Gasteiger partial charge in [0.25, 0.3) is 0 Å². The number of aliphatic hydroxyl groups excluding tert-OH is 1. The number of ether oxygens (including phenoxy) is 3. The second-order valence-corrected chi connectivity index (χ2v) is 3.95. The lowest BCUT2D eigenvalue weighted by Crippen LogP contribution is -2.29. The fraction of sp³-hybridized carbons (Fsp3) is 1.00. The van der Waals surface area contributed by atoms with Gasteiger partial charge in [-0.1, -0.05) is 13.8 Å². The molecular weight excluding hydrogens is 208 g/mol. The largest absolute Gasteiger partial charge is 0.391 e. The zero-order valence-electron chi connectivity index (χ0n) is 10.8. The summed E-state index contributed by atoms with van der Waals surface area (Å²) < 4.78 is 16.3. The van der Waals surface area contributed by atoms with Crippen LogP contribution in [-0.2, 0) is 14.2 Å². The molecule has 4 nitrogen and oxygen atoms in total. The molecule has 0 spiro atoms. The summed E-state index contributed by atoms with van der Waals surface area (Å²) in [5.74, 6) is 0. The van der Waals surface area contributed by atoms with Gasteiger partial charge in [0.05, 0.1) is 25.9 Å². The monoisotopic (exact) mass is 234 g/mol. The predicted octanol–water partition coefficient (Wildman–Crippen LogP) is 1.61. The van der Waals surface area contributed by atoms with Gasteiger partial charge in [0.2, 0.25) is 0 Å². The fourth-order valence-electron chi connectivity index (χ4n) is 1.14. The minimum absolute atomic E-state index is 0.0762. The lowest BCUT2D eigenvalue weighted by molar-refractivity contribution is -0.0786. The second kappa shape index (κ2) is 11.3. The SMILES string of the molecule is CCCOCC(COCCC)OCC(C)O. The Morgan fingerprint density at radius 3 is 1.81 bits per heavy atom. The van der Waals surface area contributed by atoms with Crippen LogP contribution in [0.4, 0.5) is 0 Å². The van der Waals surface area contributed by atoms with Gasteiger partial charge in [-0.25, -0.2) is 0 Å². The van der Waals surface area contributed by atoms with Gasteiger partial charge in [-0.05, 0) is 19.8 Å². The molecule has 0 aromatic carbocycles. The molecule has 16 heavy (non-hydrogen) atoms. The molecule has 0 rings (SSSR count). The summed E-state index contributed by atoms with van der Waals surface area (Å²) in [6.45, 7) is 8.71. The Morgan fingerprint density at radius 2 is 1.44 bits per heavy atom. The lowest BCUT2D eigenvalue weighted by atomic mass is 10.3. The Bertz CT molecular complexity index is 129. The molecule has 98 valence electrons.